The Morgan fingerprint density at radius 1 is 0.256 bits per heavy atom. The Labute approximate surface area is 506 Å². The van der Waals surface area contributed by atoms with Gasteiger partial charge in [0.15, 0.2) is 6.10 Å². The summed E-state index contributed by atoms with van der Waals surface area (Å²) >= 11 is 0. The molecular weight excluding hydrogens is 1010 g/mol. The van der Waals surface area contributed by atoms with Gasteiger partial charge in [0.25, 0.3) is 0 Å². The second-order valence-corrected chi connectivity index (χ2v) is 22.0. The SMILES string of the molecule is CC/C=C\C/C=C\C/C=C\C/C=C\C/C=C\C/C=C\CCCCCCCCC(=O)OCC(COC(=O)CCCCCCCCCCCCCCCCCC)OC(=O)CCCCCC/C=C\C/C=C\C/C=C\C/C=C\C/C=C\C/C=C\CC. The van der Waals surface area contributed by atoms with Crippen molar-refractivity contribution in [3.8, 4) is 0 Å². The van der Waals surface area contributed by atoms with Gasteiger partial charge in [0.1, 0.15) is 13.2 Å². The van der Waals surface area contributed by atoms with E-state index in [1.54, 1.807) is 0 Å². The fourth-order valence-corrected chi connectivity index (χ4v) is 9.10. The summed E-state index contributed by atoms with van der Waals surface area (Å²) < 4.78 is 16.9. The second kappa shape index (κ2) is 68.8. The van der Waals surface area contributed by atoms with Crippen molar-refractivity contribution < 1.29 is 28.6 Å². The normalized spacial score (nSPS) is 13.1. The second-order valence-electron chi connectivity index (χ2n) is 22.0. The molecule has 0 aliphatic rings. The zero-order chi connectivity index (χ0) is 59.2. The Bertz CT molecular complexity index is 1780. The van der Waals surface area contributed by atoms with E-state index in [9.17, 15) is 14.4 Å². The lowest BCUT2D eigenvalue weighted by Crippen LogP contribution is -2.30. The standard InChI is InChI=1S/C76H124O6/c1-4-7-10-13-16-19-22-25-28-31-33-35-37-38-40-41-43-45-48-51-54-57-60-63-66-69-75(78)81-72-73(71-80-74(77)68-65-62-59-56-53-50-47-30-27-24-21-18-15-12-9-6-3)82-76(79)70-67-64-61-58-55-52-49-46-44-42-39-36-34-32-29-26-23-20-17-14-11-8-5-2/h7-8,10-11,16-17,19-20,25-26,28-29,33-36,38,40,42-45,49,52,73H,4-6,9,12-15,18,21-24,27,30-32,37,39,41,46-48,50-51,53-72H2,1-3H3/b10-7-,11-8-,19-16-,20-17-,28-25-,29-26-,35-33-,36-34-,40-38-,44-42-,45-43-,52-49-. The molecule has 6 heteroatoms. The molecule has 0 N–H and O–H groups in total. The predicted octanol–water partition coefficient (Wildman–Crippen LogP) is 23.5. The lowest BCUT2D eigenvalue weighted by molar-refractivity contribution is -0.167. The average Bonchev–Trinajstić information content (AvgIpc) is 3.47. The summed E-state index contributed by atoms with van der Waals surface area (Å²) in [4.78, 5) is 38.4. The van der Waals surface area contributed by atoms with Crippen molar-refractivity contribution in [2.75, 3.05) is 13.2 Å². The number of ether oxygens (including phenoxy) is 3. The van der Waals surface area contributed by atoms with Gasteiger partial charge in [0.05, 0.1) is 0 Å². The van der Waals surface area contributed by atoms with Crippen LogP contribution in [0.1, 0.15) is 297 Å². The molecule has 0 heterocycles. The number of hydrogen-bond acceptors (Lipinski definition) is 6. The van der Waals surface area contributed by atoms with Crippen LogP contribution in [-0.4, -0.2) is 37.2 Å². The minimum atomic E-state index is -0.805. The molecule has 0 amide bonds. The molecule has 0 saturated heterocycles. The minimum Gasteiger partial charge on any atom is -0.462 e. The molecule has 0 aliphatic heterocycles. The number of carbonyl (C=O) groups excluding carboxylic acids is 3. The van der Waals surface area contributed by atoms with Crippen LogP contribution in [-0.2, 0) is 28.6 Å². The third kappa shape index (κ3) is 66.1. The summed E-state index contributed by atoms with van der Waals surface area (Å²) in [5, 5.41) is 0. The van der Waals surface area contributed by atoms with Crippen LogP contribution in [0.3, 0.4) is 0 Å². The van der Waals surface area contributed by atoms with Crippen LogP contribution in [0, 0.1) is 0 Å². The summed E-state index contributed by atoms with van der Waals surface area (Å²) in [6.45, 7) is 6.40. The first-order valence-electron chi connectivity index (χ1n) is 33.8. The molecule has 0 aromatic rings. The molecule has 82 heavy (non-hydrogen) atoms. The number of hydrogen-bond donors (Lipinski definition) is 0. The van der Waals surface area contributed by atoms with Crippen molar-refractivity contribution in [1.82, 2.24) is 0 Å². The molecule has 1 unspecified atom stereocenters. The number of unbranched alkanes of at least 4 members (excludes halogenated alkanes) is 25. The van der Waals surface area contributed by atoms with Gasteiger partial charge in [-0.15, -0.1) is 0 Å². The smallest absolute Gasteiger partial charge is 0.306 e. The van der Waals surface area contributed by atoms with E-state index in [0.717, 1.165) is 161 Å². The average molecular weight is 1130 g/mol. The van der Waals surface area contributed by atoms with Gasteiger partial charge in [-0.1, -0.05) is 301 Å². The number of allylic oxidation sites excluding steroid dienone is 24. The van der Waals surface area contributed by atoms with Crippen molar-refractivity contribution in [2.24, 2.45) is 0 Å². The summed E-state index contributed by atoms with van der Waals surface area (Å²) in [5.74, 6) is -0.931. The Balaban J connectivity index is 4.48. The Hall–Kier alpha value is -4.71. The van der Waals surface area contributed by atoms with Crippen LogP contribution in [0.25, 0.3) is 0 Å². The molecule has 0 saturated carbocycles. The summed E-state index contributed by atoms with van der Waals surface area (Å²) in [6, 6.07) is 0. The molecule has 0 aliphatic carbocycles. The Kier molecular flexibility index (Phi) is 64.8. The topological polar surface area (TPSA) is 78.9 Å². The lowest BCUT2D eigenvalue weighted by Gasteiger charge is -2.18. The van der Waals surface area contributed by atoms with Gasteiger partial charge in [-0.25, -0.2) is 0 Å². The van der Waals surface area contributed by atoms with Gasteiger partial charge in [-0.3, -0.25) is 14.4 Å². The van der Waals surface area contributed by atoms with E-state index in [1.165, 1.54) is 96.3 Å². The van der Waals surface area contributed by atoms with Crippen molar-refractivity contribution in [1.29, 1.82) is 0 Å². The fourth-order valence-electron chi connectivity index (χ4n) is 9.10. The molecule has 464 valence electrons. The summed E-state index contributed by atoms with van der Waals surface area (Å²) in [6.07, 6.45) is 98.5. The van der Waals surface area contributed by atoms with Crippen LogP contribution in [0.15, 0.2) is 146 Å². The molecule has 0 spiro atoms. The molecule has 6 nitrogen and oxygen atoms in total. The van der Waals surface area contributed by atoms with E-state index in [1.807, 2.05) is 0 Å². The molecule has 1 atom stereocenters. The monoisotopic (exact) mass is 1130 g/mol. The molecular formula is C76H124O6. The van der Waals surface area contributed by atoms with E-state index < -0.39 is 6.10 Å². The van der Waals surface area contributed by atoms with Crippen molar-refractivity contribution in [2.45, 2.75) is 303 Å². The summed E-state index contributed by atoms with van der Waals surface area (Å²) in [5.41, 5.74) is 0. The van der Waals surface area contributed by atoms with Gasteiger partial charge < -0.3 is 14.2 Å². The highest BCUT2D eigenvalue weighted by Gasteiger charge is 2.19. The molecule has 0 rings (SSSR count). The maximum atomic E-state index is 12.9. The molecule has 0 bridgehead atoms. The largest absolute Gasteiger partial charge is 0.462 e. The van der Waals surface area contributed by atoms with Crippen LogP contribution in [0.5, 0.6) is 0 Å². The number of carbonyl (C=O) groups is 3. The highest BCUT2D eigenvalue weighted by Crippen LogP contribution is 2.16. The zero-order valence-corrected chi connectivity index (χ0v) is 53.2. The van der Waals surface area contributed by atoms with E-state index in [2.05, 4.69) is 167 Å². The van der Waals surface area contributed by atoms with E-state index in [4.69, 9.17) is 14.2 Å². The first kappa shape index (κ1) is 77.3. The van der Waals surface area contributed by atoms with E-state index in [-0.39, 0.29) is 31.1 Å². The highest BCUT2D eigenvalue weighted by atomic mass is 16.6. The fraction of sp³-hybridized carbons (Fsp3) is 0.645. The molecule has 0 radical (unpaired) electrons. The summed E-state index contributed by atoms with van der Waals surface area (Å²) in [7, 11) is 0. The van der Waals surface area contributed by atoms with Crippen molar-refractivity contribution in [3.63, 3.8) is 0 Å². The van der Waals surface area contributed by atoms with Gasteiger partial charge in [-0.05, 0) is 122 Å². The highest BCUT2D eigenvalue weighted by molar-refractivity contribution is 5.71. The van der Waals surface area contributed by atoms with Gasteiger partial charge in [0, 0.05) is 19.3 Å². The maximum Gasteiger partial charge on any atom is 0.306 e. The Morgan fingerprint density at radius 2 is 0.476 bits per heavy atom. The third-order valence-corrected chi connectivity index (χ3v) is 14.1. The maximum absolute atomic E-state index is 12.9. The van der Waals surface area contributed by atoms with Crippen LogP contribution >= 0.6 is 0 Å². The van der Waals surface area contributed by atoms with Crippen molar-refractivity contribution >= 4 is 17.9 Å². The van der Waals surface area contributed by atoms with Gasteiger partial charge in [0.2, 0.25) is 0 Å². The van der Waals surface area contributed by atoms with Gasteiger partial charge >= 0.3 is 17.9 Å². The minimum absolute atomic E-state index is 0.0960. The number of rotatable bonds is 60. The van der Waals surface area contributed by atoms with Crippen LogP contribution in [0.2, 0.25) is 0 Å². The van der Waals surface area contributed by atoms with Crippen LogP contribution < -0.4 is 0 Å². The van der Waals surface area contributed by atoms with E-state index >= 15 is 0 Å². The zero-order valence-electron chi connectivity index (χ0n) is 53.2. The first-order valence-corrected chi connectivity index (χ1v) is 33.8. The van der Waals surface area contributed by atoms with E-state index in [0.29, 0.717) is 19.3 Å². The van der Waals surface area contributed by atoms with Crippen molar-refractivity contribution in [3.05, 3.63) is 146 Å². The Morgan fingerprint density at radius 3 is 0.744 bits per heavy atom. The predicted molar refractivity (Wildman–Crippen MR) is 357 cm³/mol. The third-order valence-electron chi connectivity index (χ3n) is 14.1. The first-order chi connectivity index (χ1) is 40.5. The molecule has 0 fully saturated rings. The molecule has 0 aromatic heterocycles. The molecule has 0 aromatic carbocycles. The lowest BCUT2D eigenvalue weighted by atomic mass is 10.0. The van der Waals surface area contributed by atoms with Gasteiger partial charge in [-0.2, -0.15) is 0 Å². The quantitative estimate of drug-likeness (QED) is 0.0261. The number of esters is 3. The van der Waals surface area contributed by atoms with Crippen LogP contribution in [0.4, 0.5) is 0 Å².